The molecule has 0 bridgehead atoms. The fourth-order valence-corrected chi connectivity index (χ4v) is 0.246. The molecule has 0 aliphatic heterocycles. The fourth-order valence-electron chi connectivity index (χ4n) is 0.246. The molecule has 0 fully saturated rings. The van der Waals surface area contributed by atoms with Crippen molar-refractivity contribution in [2.45, 2.75) is 0 Å². The third-order valence-electron chi connectivity index (χ3n) is 0.556. The number of hydrogen-bond donors (Lipinski definition) is 0. The summed E-state index contributed by atoms with van der Waals surface area (Å²) in [5, 5.41) is 20.3. The van der Waals surface area contributed by atoms with Crippen LogP contribution in [0.5, 0.6) is 0 Å². The topological polar surface area (TPSA) is 108 Å². The van der Waals surface area contributed by atoms with E-state index in [1.807, 2.05) is 0 Å². The van der Waals surface area contributed by atoms with Crippen molar-refractivity contribution >= 4 is 67.1 Å². The van der Waals surface area contributed by atoms with Crippen LogP contribution >= 0.6 is 0 Å². The van der Waals surface area contributed by atoms with Gasteiger partial charge in [-0.3, -0.25) is 0 Å². The first-order chi connectivity index (χ1) is 5.20. The molecule has 12 heavy (non-hydrogen) atoms. The van der Waals surface area contributed by atoms with Crippen LogP contribution < -0.4 is 10.0 Å². The second-order valence-corrected chi connectivity index (χ2v) is 1.18. The predicted molar refractivity (Wildman–Crippen MR) is 33.4 cm³/mol. The van der Waals surface area contributed by atoms with Crippen molar-refractivity contribution in [1.82, 2.24) is 0 Å². The Hall–Kier alpha value is 0.599. The maximum absolute atomic E-state index is 10.1. The first kappa shape index (κ1) is 15.1. The fraction of sp³-hybridized carbons (Fsp3) is 0. The van der Waals surface area contributed by atoms with Gasteiger partial charge in [-0.25, -0.2) is 0 Å². The van der Waals surface area contributed by atoms with Crippen LogP contribution in [-0.4, -0.2) is 67.1 Å². The SMILES string of the molecule is O=BOB([O-])OB([O-])OB=O.[Ca+2]. The summed E-state index contributed by atoms with van der Waals surface area (Å²) in [6, 6.07) is 0. The molecule has 0 radical (unpaired) electrons. The van der Waals surface area contributed by atoms with Crippen molar-refractivity contribution in [3.05, 3.63) is 0 Å². The quantitative estimate of drug-likeness (QED) is 0.392. The third-order valence-corrected chi connectivity index (χ3v) is 0.556. The van der Waals surface area contributed by atoms with Gasteiger partial charge in [-0.15, -0.1) is 0 Å². The molecule has 0 aromatic heterocycles. The molecule has 0 spiro atoms. The zero-order valence-electron chi connectivity index (χ0n) is 5.87. The molecule has 0 unspecified atom stereocenters. The Balaban J connectivity index is 0. The maximum atomic E-state index is 10.1. The molecule has 0 amide bonds. The van der Waals surface area contributed by atoms with Gasteiger partial charge in [-0.2, -0.15) is 0 Å². The van der Waals surface area contributed by atoms with Crippen LogP contribution in [0.25, 0.3) is 0 Å². The van der Waals surface area contributed by atoms with Crippen LogP contribution in [-0.2, 0) is 23.1 Å². The summed E-state index contributed by atoms with van der Waals surface area (Å²) in [5.74, 6) is 0. The van der Waals surface area contributed by atoms with E-state index < -0.39 is 14.6 Å². The molecule has 0 aliphatic carbocycles. The van der Waals surface area contributed by atoms with E-state index in [4.69, 9.17) is 0 Å². The standard InChI is InChI=1S/B4O7.Ca/c5-1-9-3(7)11-4(8)10-2-6;/q-2;+2. The minimum atomic E-state index is -2.27. The molecule has 56 valence electrons. The second-order valence-electron chi connectivity index (χ2n) is 1.18. The molecule has 0 aromatic carbocycles. The Kier molecular flexibility index (Phi) is 12.2. The van der Waals surface area contributed by atoms with Crippen molar-refractivity contribution in [3.8, 4) is 0 Å². The van der Waals surface area contributed by atoms with E-state index in [1.165, 1.54) is 0 Å². The van der Waals surface area contributed by atoms with Crippen molar-refractivity contribution in [2.24, 2.45) is 0 Å². The van der Waals surface area contributed by atoms with Gasteiger partial charge in [-0.1, -0.05) is 0 Å². The minimum Gasteiger partial charge on any atom is 2.00 e. The van der Waals surface area contributed by atoms with Crippen molar-refractivity contribution < 1.29 is 33.2 Å². The van der Waals surface area contributed by atoms with Gasteiger partial charge in [0, 0.05) is 0 Å². The van der Waals surface area contributed by atoms with E-state index in [1.54, 1.807) is 0 Å². The Morgan fingerprint density at radius 3 is 1.58 bits per heavy atom. The van der Waals surface area contributed by atoms with Gasteiger partial charge in [0.05, 0.1) is 0 Å². The first-order valence-electron chi connectivity index (χ1n) is 2.36. The van der Waals surface area contributed by atoms with Gasteiger partial charge in [0.1, 0.15) is 0 Å². The van der Waals surface area contributed by atoms with Crippen molar-refractivity contribution in [3.63, 3.8) is 0 Å². The summed E-state index contributed by atoms with van der Waals surface area (Å²) in [6.45, 7) is 0. The van der Waals surface area contributed by atoms with Gasteiger partial charge in [0.15, 0.2) is 0 Å². The molecule has 7 nitrogen and oxygen atoms in total. The van der Waals surface area contributed by atoms with Crippen molar-refractivity contribution in [2.75, 3.05) is 0 Å². The van der Waals surface area contributed by atoms with E-state index in [0.717, 1.165) is 0 Å². The van der Waals surface area contributed by atoms with Crippen LogP contribution in [0.3, 0.4) is 0 Å². The van der Waals surface area contributed by atoms with Gasteiger partial charge < -0.3 is 0 Å². The van der Waals surface area contributed by atoms with Crippen LogP contribution in [0.15, 0.2) is 0 Å². The summed E-state index contributed by atoms with van der Waals surface area (Å²) in [7, 11) is -4.92. The van der Waals surface area contributed by atoms with E-state index in [9.17, 15) is 19.5 Å². The zero-order chi connectivity index (χ0) is 8.69. The van der Waals surface area contributed by atoms with Crippen LogP contribution in [0.1, 0.15) is 0 Å². The Morgan fingerprint density at radius 2 is 1.33 bits per heavy atom. The Labute approximate surface area is 99.7 Å². The van der Waals surface area contributed by atoms with E-state index in [-0.39, 0.29) is 52.4 Å². The summed E-state index contributed by atoms with van der Waals surface area (Å²) in [6.07, 6.45) is 0. The molecular formula is B4CaO7. The van der Waals surface area contributed by atoms with E-state index in [2.05, 4.69) is 13.7 Å². The predicted octanol–water partition coefficient (Wildman–Crippen LogP) is -4.72. The molecule has 12 heteroatoms. The average Bonchev–Trinajstić information content (AvgIpc) is 1.87. The molecule has 0 heterocycles. The molecule has 0 saturated heterocycles. The molecule has 0 aromatic rings. The van der Waals surface area contributed by atoms with Gasteiger partial charge in [0.25, 0.3) is 0 Å². The smallest absolute Gasteiger partial charge is 2.00 e. The largest absolute Gasteiger partial charge is 2.00 e. The van der Waals surface area contributed by atoms with Gasteiger partial charge in [0.2, 0.25) is 0 Å². The van der Waals surface area contributed by atoms with Crippen LogP contribution in [0, 0.1) is 0 Å². The Morgan fingerprint density at radius 1 is 1.00 bits per heavy atom. The maximum Gasteiger partial charge on any atom is 2.00 e. The van der Waals surface area contributed by atoms with E-state index in [0.29, 0.717) is 0 Å². The monoisotopic (exact) mass is 196 g/mol. The number of rotatable bonds is 6. The van der Waals surface area contributed by atoms with Crippen LogP contribution in [0.2, 0.25) is 0 Å². The van der Waals surface area contributed by atoms with Gasteiger partial charge in [-0.05, 0) is 0 Å². The first-order valence-corrected chi connectivity index (χ1v) is 2.36. The third kappa shape index (κ3) is 8.69. The summed E-state index contributed by atoms with van der Waals surface area (Å²) < 4.78 is 29.8. The molecule has 0 aliphatic rings. The van der Waals surface area contributed by atoms with Gasteiger partial charge >= 0.3 is 100 Å². The van der Waals surface area contributed by atoms with Crippen molar-refractivity contribution in [1.29, 1.82) is 0 Å². The van der Waals surface area contributed by atoms with Crippen LogP contribution in [0.4, 0.5) is 0 Å². The zero-order valence-corrected chi connectivity index (χ0v) is 8.08. The Bertz CT molecular complexity index is 115. The summed E-state index contributed by atoms with van der Waals surface area (Å²) >= 11 is 0. The molecule has 0 N–H and O–H groups in total. The molecular weight excluding hydrogens is 195 g/mol. The minimum absolute atomic E-state index is 0. The molecule has 0 rings (SSSR count). The normalized spacial score (nSPS) is 6.83. The molecule has 0 atom stereocenters. The average molecular weight is 195 g/mol. The summed E-state index contributed by atoms with van der Waals surface area (Å²) in [5.41, 5.74) is 0. The number of hydrogen-bond acceptors (Lipinski definition) is 7. The second kappa shape index (κ2) is 9.69. The molecule has 0 saturated carbocycles. The summed E-state index contributed by atoms with van der Waals surface area (Å²) in [4.78, 5) is 0. The van der Waals surface area contributed by atoms with E-state index >= 15 is 0 Å².